The molecule has 0 radical (unpaired) electrons. The third-order valence-corrected chi connectivity index (χ3v) is 2.07. The minimum absolute atomic E-state index is 0.0179. The van der Waals surface area contributed by atoms with Crippen LogP contribution in [0.2, 0.25) is 0 Å². The first-order chi connectivity index (χ1) is 7.59. The number of Topliss-reactive ketones (excluding diaryl/α,β-unsaturated/α-hetero) is 2. The van der Waals surface area contributed by atoms with Gasteiger partial charge in [-0.05, 0) is 26.3 Å². The van der Waals surface area contributed by atoms with E-state index in [1.54, 1.807) is 19.1 Å². The molecule has 0 bridgehead atoms. The average molecular weight is 221 g/mol. The molecule has 1 rings (SSSR count). The van der Waals surface area contributed by atoms with Crippen molar-refractivity contribution in [2.45, 2.75) is 26.7 Å². The van der Waals surface area contributed by atoms with Crippen molar-refractivity contribution in [3.05, 3.63) is 23.9 Å². The lowest BCUT2D eigenvalue weighted by Crippen LogP contribution is -2.02. The Bertz CT molecular complexity index is 370. The van der Waals surface area contributed by atoms with Crippen LogP contribution in [0, 0.1) is 0 Å². The summed E-state index contributed by atoms with van der Waals surface area (Å²) >= 11 is 0. The van der Waals surface area contributed by atoms with Crippen molar-refractivity contribution >= 4 is 11.6 Å². The molecule has 0 saturated heterocycles. The lowest BCUT2D eigenvalue weighted by atomic mass is 10.2. The summed E-state index contributed by atoms with van der Waals surface area (Å²) in [5.41, 5.74) is 0.566. The van der Waals surface area contributed by atoms with Crippen molar-refractivity contribution in [1.82, 2.24) is 4.98 Å². The fourth-order valence-electron chi connectivity index (χ4n) is 1.17. The number of carbonyl (C=O) groups is 2. The third kappa shape index (κ3) is 4.21. The molecule has 1 aromatic rings. The van der Waals surface area contributed by atoms with Gasteiger partial charge in [0.15, 0.2) is 5.78 Å². The van der Waals surface area contributed by atoms with E-state index in [-0.39, 0.29) is 11.6 Å². The minimum Gasteiger partial charge on any atom is -0.478 e. The van der Waals surface area contributed by atoms with Crippen LogP contribution >= 0.6 is 0 Å². The fraction of sp³-hybridized carbons (Fsp3) is 0.417. The first-order valence-corrected chi connectivity index (χ1v) is 5.19. The van der Waals surface area contributed by atoms with Gasteiger partial charge in [0.1, 0.15) is 5.78 Å². The molecule has 4 heteroatoms. The Morgan fingerprint density at radius 3 is 2.56 bits per heavy atom. The second-order valence-corrected chi connectivity index (χ2v) is 3.60. The quantitative estimate of drug-likeness (QED) is 0.544. The zero-order valence-corrected chi connectivity index (χ0v) is 9.53. The van der Waals surface area contributed by atoms with E-state index in [1.165, 1.54) is 13.1 Å². The van der Waals surface area contributed by atoms with Gasteiger partial charge >= 0.3 is 0 Å². The maximum atomic E-state index is 11.0. The second kappa shape index (κ2) is 6.00. The topological polar surface area (TPSA) is 56.3 Å². The van der Waals surface area contributed by atoms with E-state index in [1.807, 2.05) is 0 Å². The largest absolute Gasteiger partial charge is 0.478 e. The van der Waals surface area contributed by atoms with Gasteiger partial charge in [-0.15, -0.1) is 0 Å². The van der Waals surface area contributed by atoms with Gasteiger partial charge in [0.25, 0.3) is 0 Å². The smallest absolute Gasteiger partial charge is 0.213 e. The summed E-state index contributed by atoms with van der Waals surface area (Å²) in [5, 5.41) is 0. The molecule has 1 aromatic heterocycles. The highest BCUT2D eigenvalue weighted by molar-refractivity contribution is 5.93. The molecule has 0 aliphatic rings. The highest BCUT2D eigenvalue weighted by atomic mass is 16.5. The van der Waals surface area contributed by atoms with Crippen LogP contribution in [-0.2, 0) is 4.79 Å². The van der Waals surface area contributed by atoms with E-state index in [0.717, 1.165) is 0 Å². The normalized spacial score (nSPS) is 9.88. The Morgan fingerprint density at radius 1 is 1.31 bits per heavy atom. The predicted molar refractivity (Wildman–Crippen MR) is 59.7 cm³/mol. The summed E-state index contributed by atoms with van der Waals surface area (Å²) in [6.45, 7) is 3.51. The molecular formula is C12H15NO3. The van der Waals surface area contributed by atoms with Crippen molar-refractivity contribution in [3.8, 4) is 5.88 Å². The van der Waals surface area contributed by atoms with Crippen molar-refractivity contribution in [3.63, 3.8) is 0 Å². The molecule has 0 aliphatic carbocycles. The van der Waals surface area contributed by atoms with Crippen molar-refractivity contribution in [2.75, 3.05) is 6.61 Å². The highest BCUT2D eigenvalue weighted by Crippen LogP contribution is 2.08. The van der Waals surface area contributed by atoms with Gasteiger partial charge in [-0.25, -0.2) is 4.98 Å². The molecular weight excluding hydrogens is 206 g/mol. The number of pyridine rings is 1. The number of ether oxygens (including phenoxy) is 1. The van der Waals surface area contributed by atoms with Gasteiger partial charge in [-0.2, -0.15) is 0 Å². The summed E-state index contributed by atoms with van der Waals surface area (Å²) in [5.74, 6) is 0.618. The number of nitrogens with zero attached hydrogens (tertiary/aromatic N) is 1. The number of ketones is 2. The van der Waals surface area contributed by atoms with E-state index in [0.29, 0.717) is 30.9 Å². The number of aromatic nitrogens is 1. The van der Waals surface area contributed by atoms with Crippen LogP contribution in [0.3, 0.4) is 0 Å². The molecule has 0 unspecified atom stereocenters. The lowest BCUT2D eigenvalue weighted by Gasteiger charge is -2.04. The van der Waals surface area contributed by atoms with Gasteiger partial charge in [0.2, 0.25) is 5.88 Å². The van der Waals surface area contributed by atoms with Crippen molar-refractivity contribution in [2.24, 2.45) is 0 Å². The molecule has 86 valence electrons. The van der Waals surface area contributed by atoms with Crippen LogP contribution < -0.4 is 4.74 Å². The van der Waals surface area contributed by atoms with Crippen LogP contribution in [0.25, 0.3) is 0 Å². The molecule has 1 heterocycles. The van der Waals surface area contributed by atoms with Gasteiger partial charge in [0.05, 0.1) is 6.61 Å². The van der Waals surface area contributed by atoms with E-state index < -0.39 is 0 Å². The first kappa shape index (κ1) is 12.4. The Kier molecular flexibility index (Phi) is 4.64. The first-order valence-electron chi connectivity index (χ1n) is 5.19. The Balaban J connectivity index is 2.38. The summed E-state index contributed by atoms with van der Waals surface area (Å²) in [6, 6.07) is 3.33. The van der Waals surface area contributed by atoms with Crippen LogP contribution in [0.1, 0.15) is 37.0 Å². The van der Waals surface area contributed by atoms with Crippen LogP contribution in [0.5, 0.6) is 5.88 Å². The Labute approximate surface area is 94.6 Å². The molecule has 0 atom stereocenters. The summed E-state index contributed by atoms with van der Waals surface area (Å²) in [6.07, 6.45) is 2.69. The number of hydrogen-bond donors (Lipinski definition) is 0. The summed E-state index contributed by atoms with van der Waals surface area (Å²) in [7, 11) is 0. The fourth-order valence-corrected chi connectivity index (χ4v) is 1.17. The van der Waals surface area contributed by atoms with Crippen molar-refractivity contribution in [1.29, 1.82) is 0 Å². The van der Waals surface area contributed by atoms with Gasteiger partial charge in [0, 0.05) is 24.2 Å². The highest BCUT2D eigenvalue weighted by Gasteiger charge is 2.01. The summed E-state index contributed by atoms with van der Waals surface area (Å²) in [4.78, 5) is 25.6. The SMILES string of the molecule is CC(=O)CCCOc1ccc(C(C)=O)cn1. The molecule has 4 nitrogen and oxygen atoms in total. The van der Waals surface area contributed by atoms with Crippen LogP contribution in [0.4, 0.5) is 0 Å². The van der Waals surface area contributed by atoms with E-state index in [2.05, 4.69) is 4.98 Å². The standard InChI is InChI=1S/C12H15NO3/c1-9(14)4-3-7-16-12-6-5-11(8-13-12)10(2)15/h5-6,8H,3-4,7H2,1-2H3. The van der Waals surface area contributed by atoms with Gasteiger partial charge < -0.3 is 9.53 Å². The van der Waals surface area contributed by atoms with Gasteiger partial charge in [-0.3, -0.25) is 4.79 Å². The number of rotatable bonds is 6. The second-order valence-electron chi connectivity index (χ2n) is 3.60. The number of carbonyl (C=O) groups excluding carboxylic acids is 2. The van der Waals surface area contributed by atoms with Gasteiger partial charge in [-0.1, -0.05) is 0 Å². The Morgan fingerprint density at radius 2 is 2.06 bits per heavy atom. The monoisotopic (exact) mass is 221 g/mol. The molecule has 0 N–H and O–H groups in total. The third-order valence-electron chi connectivity index (χ3n) is 2.07. The van der Waals surface area contributed by atoms with Crippen LogP contribution in [0.15, 0.2) is 18.3 Å². The zero-order chi connectivity index (χ0) is 12.0. The van der Waals surface area contributed by atoms with Crippen LogP contribution in [-0.4, -0.2) is 23.2 Å². The molecule has 0 saturated carbocycles. The molecule has 0 spiro atoms. The molecule has 0 aromatic carbocycles. The molecule has 16 heavy (non-hydrogen) atoms. The Hall–Kier alpha value is -1.71. The van der Waals surface area contributed by atoms with E-state index >= 15 is 0 Å². The minimum atomic E-state index is -0.0179. The maximum absolute atomic E-state index is 11.0. The van der Waals surface area contributed by atoms with E-state index in [4.69, 9.17) is 4.74 Å². The molecule has 0 amide bonds. The average Bonchev–Trinajstić information content (AvgIpc) is 2.25. The zero-order valence-electron chi connectivity index (χ0n) is 9.53. The number of hydrogen-bond acceptors (Lipinski definition) is 4. The lowest BCUT2D eigenvalue weighted by molar-refractivity contribution is -0.117. The predicted octanol–water partition coefficient (Wildman–Crippen LogP) is 2.03. The maximum Gasteiger partial charge on any atom is 0.213 e. The van der Waals surface area contributed by atoms with Crippen molar-refractivity contribution < 1.29 is 14.3 Å². The van der Waals surface area contributed by atoms with E-state index in [9.17, 15) is 9.59 Å². The molecule has 0 aliphatic heterocycles. The summed E-state index contributed by atoms with van der Waals surface area (Å²) < 4.78 is 5.32. The molecule has 0 fully saturated rings.